The number of benzene rings is 1. The van der Waals surface area contributed by atoms with Crippen LogP contribution in [-0.2, 0) is 21.4 Å². The second-order valence-corrected chi connectivity index (χ2v) is 12.9. The molecule has 3 amide bonds. The molecule has 2 fully saturated rings. The second kappa shape index (κ2) is 11.1. The molecular formula is C30H34ClN5O4S. The van der Waals surface area contributed by atoms with Gasteiger partial charge < -0.3 is 16.0 Å². The molecule has 1 saturated heterocycles. The maximum atomic E-state index is 14.7. The van der Waals surface area contributed by atoms with Crippen molar-refractivity contribution in [2.24, 2.45) is 24.6 Å². The fourth-order valence-electron chi connectivity index (χ4n) is 6.41. The predicted octanol–water partition coefficient (Wildman–Crippen LogP) is 4.84. The number of carbonyl (C=O) groups is 4. The quantitative estimate of drug-likeness (QED) is 0.378. The number of amides is 3. The molecule has 4 atom stereocenters. The standard InChI is InChI=1S/C30H34ClN5O4S/c1-14-13-21(16(3)41-14)27(38)24-23(18-9-11-20(12-10-18)33-17(4)37)26(29(32)39)36(30(40)19-7-6-8-19)25(24)22-15(2)34-35(5)28(22)31/h9-13,19,23-26H,6-8H2,1-5H3,(H2,32,39)(H,33,37). The van der Waals surface area contributed by atoms with Crippen LogP contribution in [-0.4, -0.2) is 44.2 Å². The van der Waals surface area contributed by atoms with E-state index in [1.165, 1.54) is 22.9 Å². The van der Waals surface area contributed by atoms with Gasteiger partial charge in [-0.25, -0.2) is 0 Å². The number of nitrogens with zero attached hydrogens (tertiary/aromatic N) is 3. The number of Topliss-reactive ketones (excluding diaryl/α,β-unsaturated/α-hetero) is 1. The Bertz CT molecular complexity index is 1540. The van der Waals surface area contributed by atoms with Crippen LogP contribution in [0, 0.1) is 32.6 Å². The molecule has 0 bridgehead atoms. The first-order chi connectivity index (χ1) is 19.4. The monoisotopic (exact) mass is 595 g/mol. The van der Waals surface area contributed by atoms with E-state index in [0.29, 0.717) is 46.1 Å². The minimum Gasteiger partial charge on any atom is -0.368 e. The third-order valence-electron chi connectivity index (χ3n) is 8.38. The zero-order valence-electron chi connectivity index (χ0n) is 23.7. The van der Waals surface area contributed by atoms with Crippen LogP contribution < -0.4 is 11.1 Å². The first-order valence-electron chi connectivity index (χ1n) is 13.7. The molecule has 41 heavy (non-hydrogen) atoms. The first-order valence-corrected chi connectivity index (χ1v) is 14.9. The van der Waals surface area contributed by atoms with Crippen molar-refractivity contribution in [3.05, 3.63) is 67.6 Å². The van der Waals surface area contributed by atoms with Gasteiger partial charge in [-0.05, 0) is 57.4 Å². The number of primary amides is 1. The van der Waals surface area contributed by atoms with Crippen LogP contribution >= 0.6 is 22.9 Å². The van der Waals surface area contributed by atoms with Gasteiger partial charge >= 0.3 is 0 Å². The summed E-state index contributed by atoms with van der Waals surface area (Å²) < 4.78 is 1.52. The summed E-state index contributed by atoms with van der Waals surface area (Å²) in [7, 11) is 1.71. The van der Waals surface area contributed by atoms with E-state index in [4.69, 9.17) is 17.3 Å². The van der Waals surface area contributed by atoms with Crippen molar-refractivity contribution in [1.29, 1.82) is 0 Å². The largest absolute Gasteiger partial charge is 0.368 e. The predicted molar refractivity (Wildman–Crippen MR) is 158 cm³/mol. The number of aryl methyl sites for hydroxylation is 4. The van der Waals surface area contributed by atoms with Gasteiger partial charge in [-0.15, -0.1) is 11.3 Å². The topological polar surface area (TPSA) is 127 Å². The third kappa shape index (κ3) is 5.08. The number of nitrogens with two attached hydrogens (primary N) is 1. The molecule has 3 aromatic rings. The van der Waals surface area contributed by atoms with Crippen LogP contribution in [0.2, 0.25) is 5.15 Å². The Balaban J connectivity index is 1.77. The second-order valence-electron chi connectivity index (χ2n) is 11.1. The lowest BCUT2D eigenvalue weighted by Gasteiger charge is -2.36. The normalized spacial score (nSPS) is 22.4. The smallest absolute Gasteiger partial charge is 0.240 e. The molecule has 4 unspecified atom stereocenters. The summed E-state index contributed by atoms with van der Waals surface area (Å²) in [6.45, 7) is 7.06. The molecule has 9 nitrogen and oxygen atoms in total. The van der Waals surface area contributed by atoms with Crippen molar-refractivity contribution < 1.29 is 19.2 Å². The van der Waals surface area contributed by atoms with Crippen LogP contribution in [0.5, 0.6) is 0 Å². The average Bonchev–Trinajstić information content (AvgIpc) is 3.47. The van der Waals surface area contributed by atoms with E-state index in [-0.39, 0.29) is 23.5 Å². The number of halogens is 1. The Kier molecular flexibility index (Phi) is 7.82. The number of aromatic nitrogens is 2. The van der Waals surface area contributed by atoms with Gasteiger partial charge in [-0.1, -0.05) is 30.2 Å². The van der Waals surface area contributed by atoms with Gasteiger partial charge in [0.1, 0.15) is 11.2 Å². The van der Waals surface area contributed by atoms with Gasteiger partial charge in [-0.2, -0.15) is 5.10 Å². The van der Waals surface area contributed by atoms with E-state index in [1.807, 2.05) is 19.9 Å². The molecule has 2 aliphatic rings. The molecule has 11 heteroatoms. The lowest BCUT2D eigenvalue weighted by atomic mass is 9.76. The number of carbonyl (C=O) groups excluding carboxylic acids is 4. The SMILES string of the molecule is CC(=O)Nc1ccc(C2C(C(=O)c3cc(C)sc3C)C(c3c(C)nn(C)c3Cl)N(C(=O)C3CCC3)C2C(N)=O)cc1. The Labute approximate surface area is 248 Å². The molecule has 0 radical (unpaired) electrons. The number of rotatable bonds is 7. The van der Waals surface area contributed by atoms with E-state index in [1.54, 1.807) is 43.1 Å². The van der Waals surface area contributed by atoms with E-state index < -0.39 is 29.8 Å². The van der Waals surface area contributed by atoms with Crippen molar-refractivity contribution in [3.8, 4) is 0 Å². The molecule has 1 aliphatic carbocycles. The minimum atomic E-state index is -1.09. The van der Waals surface area contributed by atoms with Crippen molar-refractivity contribution in [1.82, 2.24) is 14.7 Å². The van der Waals surface area contributed by atoms with E-state index in [2.05, 4.69) is 10.4 Å². The molecule has 1 saturated carbocycles. The Morgan fingerprint density at radius 2 is 1.76 bits per heavy atom. The lowest BCUT2D eigenvalue weighted by molar-refractivity contribution is -0.145. The molecule has 2 aromatic heterocycles. The van der Waals surface area contributed by atoms with Crippen molar-refractivity contribution in [2.75, 3.05) is 5.32 Å². The van der Waals surface area contributed by atoms with Gasteiger partial charge in [0.15, 0.2) is 5.78 Å². The molecule has 1 aliphatic heterocycles. The molecule has 3 N–H and O–H groups in total. The number of thiophene rings is 1. The summed E-state index contributed by atoms with van der Waals surface area (Å²) >= 11 is 8.35. The Hall–Kier alpha value is -3.50. The highest BCUT2D eigenvalue weighted by Gasteiger charge is 2.59. The molecule has 3 heterocycles. The number of hydrogen-bond donors (Lipinski definition) is 2. The summed E-state index contributed by atoms with van der Waals surface area (Å²) in [6, 6.07) is 6.93. The third-order valence-corrected chi connectivity index (χ3v) is 9.80. The highest BCUT2D eigenvalue weighted by Crippen LogP contribution is 2.54. The van der Waals surface area contributed by atoms with Crippen LogP contribution in [0.1, 0.15) is 75.1 Å². The molecule has 5 rings (SSSR count). The summed E-state index contributed by atoms with van der Waals surface area (Å²) in [5, 5.41) is 7.56. The Morgan fingerprint density at radius 1 is 1.10 bits per heavy atom. The van der Waals surface area contributed by atoms with Crippen molar-refractivity contribution in [3.63, 3.8) is 0 Å². The zero-order chi connectivity index (χ0) is 29.7. The fourth-order valence-corrected chi connectivity index (χ4v) is 7.63. The van der Waals surface area contributed by atoms with E-state index in [9.17, 15) is 19.2 Å². The van der Waals surface area contributed by atoms with Crippen LogP contribution in [0.3, 0.4) is 0 Å². The average molecular weight is 596 g/mol. The number of likely N-dealkylation sites (tertiary alicyclic amines) is 1. The maximum Gasteiger partial charge on any atom is 0.240 e. The summed E-state index contributed by atoms with van der Waals surface area (Å²) in [4.78, 5) is 57.2. The zero-order valence-corrected chi connectivity index (χ0v) is 25.3. The highest BCUT2D eigenvalue weighted by molar-refractivity contribution is 7.12. The van der Waals surface area contributed by atoms with Gasteiger partial charge in [0.25, 0.3) is 0 Å². The molecule has 1 aromatic carbocycles. The van der Waals surface area contributed by atoms with E-state index in [0.717, 1.165) is 16.2 Å². The summed E-state index contributed by atoms with van der Waals surface area (Å²) in [6.07, 6.45) is 2.35. The lowest BCUT2D eigenvalue weighted by Crippen LogP contribution is -2.49. The number of nitrogens with one attached hydrogen (secondary N) is 1. The van der Waals surface area contributed by atoms with Crippen molar-refractivity contribution >= 4 is 52.1 Å². The van der Waals surface area contributed by atoms with Gasteiger partial charge in [-0.3, -0.25) is 23.9 Å². The molecule has 0 spiro atoms. The number of hydrogen-bond acceptors (Lipinski definition) is 6. The van der Waals surface area contributed by atoms with Crippen LogP contribution in [0.4, 0.5) is 5.69 Å². The fraction of sp³-hybridized carbons (Fsp3) is 0.433. The van der Waals surface area contributed by atoms with Gasteiger partial charge in [0.05, 0.1) is 17.7 Å². The highest BCUT2D eigenvalue weighted by atomic mass is 35.5. The molecule has 216 valence electrons. The van der Waals surface area contributed by atoms with Gasteiger partial charge in [0, 0.05) is 52.4 Å². The number of ketones is 1. The summed E-state index contributed by atoms with van der Waals surface area (Å²) in [5.74, 6) is -3.15. The van der Waals surface area contributed by atoms with Crippen LogP contribution in [0.25, 0.3) is 0 Å². The van der Waals surface area contributed by atoms with E-state index >= 15 is 0 Å². The first kappa shape index (κ1) is 29.0. The minimum absolute atomic E-state index is 0.178. The van der Waals surface area contributed by atoms with Gasteiger partial charge in [0.2, 0.25) is 17.7 Å². The Morgan fingerprint density at radius 3 is 2.22 bits per heavy atom. The van der Waals surface area contributed by atoms with Crippen molar-refractivity contribution in [2.45, 2.75) is 65.0 Å². The number of anilines is 1. The maximum absolute atomic E-state index is 14.7. The summed E-state index contributed by atoms with van der Waals surface area (Å²) in [5.41, 5.74) is 9.04. The van der Waals surface area contributed by atoms with Crippen LogP contribution in [0.15, 0.2) is 30.3 Å². The molecular weight excluding hydrogens is 562 g/mol.